The summed E-state index contributed by atoms with van der Waals surface area (Å²) in [6.07, 6.45) is 0.363. The lowest BCUT2D eigenvalue weighted by atomic mass is 10.1. The molecule has 0 aromatic heterocycles. The summed E-state index contributed by atoms with van der Waals surface area (Å²) in [6, 6.07) is 6.56. The van der Waals surface area contributed by atoms with Gasteiger partial charge in [0.15, 0.2) is 0 Å². The van der Waals surface area contributed by atoms with E-state index >= 15 is 0 Å². The Morgan fingerprint density at radius 2 is 2.00 bits per heavy atom. The molecule has 0 saturated heterocycles. The maximum absolute atomic E-state index is 11.2. The normalized spacial score (nSPS) is 11.4. The second-order valence-electron chi connectivity index (χ2n) is 3.51. The maximum Gasteiger partial charge on any atom is 0.335 e. The van der Waals surface area contributed by atoms with Crippen LogP contribution in [-0.2, 0) is 16.4 Å². The second-order valence-corrected chi connectivity index (χ2v) is 5.61. The Morgan fingerprint density at radius 3 is 2.59 bits per heavy atom. The van der Waals surface area contributed by atoms with Crippen molar-refractivity contribution < 1.29 is 18.3 Å². The number of sulfonamides is 1. The molecule has 6 heteroatoms. The van der Waals surface area contributed by atoms with E-state index in [2.05, 4.69) is 4.72 Å². The van der Waals surface area contributed by atoms with Gasteiger partial charge < -0.3 is 5.11 Å². The Morgan fingerprint density at radius 1 is 1.35 bits per heavy atom. The van der Waals surface area contributed by atoms with Crippen molar-refractivity contribution in [3.05, 3.63) is 35.4 Å². The highest BCUT2D eigenvalue weighted by atomic mass is 32.2. The van der Waals surface area contributed by atoms with Crippen molar-refractivity contribution in [2.75, 3.05) is 12.3 Å². The lowest BCUT2D eigenvalue weighted by Gasteiger charge is -2.07. The molecule has 0 atom stereocenters. The number of hydrogen-bond donors (Lipinski definition) is 2. The number of aromatic carboxylic acids is 1. The highest BCUT2D eigenvalue weighted by Gasteiger charge is 2.10. The number of rotatable bonds is 6. The Balaban J connectivity index is 2.67. The quantitative estimate of drug-likeness (QED) is 0.792. The van der Waals surface area contributed by atoms with Crippen molar-refractivity contribution in [2.45, 2.75) is 13.3 Å². The van der Waals surface area contributed by atoms with Crippen molar-refractivity contribution in [2.24, 2.45) is 0 Å². The van der Waals surface area contributed by atoms with Crippen LogP contribution in [0.3, 0.4) is 0 Å². The van der Waals surface area contributed by atoms with Gasteiger partial charge in [-0.3, -0.25) is 0 Å². The zero-order valence-electron chi connectivity index (χ0n) is 9.51. The molecule has 0 unspecified atom stereocenters. The first-order chi connectivity index (χ1) is 7.96. The van der Waals surface area contributed by atoms with Crippen LogP contribution >= 0.6 is 0 Å². The Labute approximate surface area is 101 Å². The molecular formula is C11H15NO4S. The summed E-state index contributed by atoms with van der Waals surface area (Å²) in [7, 11) is -3.22. The van der Waals surface area contributed by atoms with E-state index in [0.29, 0.717) is 12.0 Å². The van der Waals surface area contributed by atoms with Crippen LogP contribution < -0.4 is 4.72 Å². The largest absolute Gasteiger partial charge is 0.478 e. The fourth-order valence-electron chi connectivity index (χ4n) is 1.39. The van der Waals surface area contributed by atoms with Gasteiger partial charge in [0.25, 0.3) is 0 Å². The highest BCUT2D eigenvalue weighted by molar-refractivity contribution is 7.89. The first-order valence-electron chi connectivity index (χ1n) is 5.25. The van der Waals surface area contributed by atoms with Gasteiger partial charge >= 0.3 is 5.97 Å². The molecule has 1 rings (SSSR count). The first-order valence-corrected chi connectivity index (χ1v) is 6.90. The van der Waals surface area contributed by atoms with Crippen LogP contribution in [0.1, 0.15) is 22.8 Å². The Hall–Kier alpha value is -1.40. The number of benzene rings is 1. The number of carbonyl (C=O) groups is 1. The van der Waals surface area contributed by atoms with E-state index in [0.717, 1.165) is 0 Å². The van der Waals surface area contributed by atoms with E-state index in [9.17, 15) is 13.2 Å². The molecule has 0 aliphatic carbocycles. The number of nitrogens with one attached hydrogen (secondary N) is 1. The topological polar surface area (TPSA) is 83.5 Å². The van der Waals surface area contributed by atoms with Crippen LogP contribution in [0, 0.1) is 0 Å². The van der Waals surface area contributed by atoms with Crippen LogP contribution in [0.5, 0.6) is 0 Å². The maximum atomic E-state index is 11.2. The molecule has 0 radical (unpaired) electrons. The standard InChI is InChI=1S/C11H15NO4S/c1-2-17(15,16)12-8-7-9-5-3-4-6-10(9)11(13)14/h3-6,12H,2,7-8H2,1H3,(H,13,14). The summed E-state index contributed by atoms with van der Waals surface area (Å²) in [5.74, 6) is -0.980. The summed E-state index contributed by atoms with van der Waals surface area (Å²) in [5, 5.41) is 8.93. The van der Waals surface area contributed by atoms with Crippen molar-refractivity contribution in [3.63, 3.8) is 0 Å². The number of hydrogen-bond acceptors (Lipinski definition) is 3. The van der Waals surface area contributed by atoms with Crippen LogP contribution in [0.4, 0.5) is 0 Å². The van der Waals surface area contributed by atoms with E-state index in [1.807, 2.05) is 0 Å². The minimum absolute atomic E-state index is 0.0214. The molecule has 1 aromatic rings. The zero-order chi connectivity index (χ0) is 12.9. The fraction of sp³-hybridized carbons (Fsp3) is 0.364. The van der Waals surface area contributed by atoms with Gasteiger partial charge in [-0.05, 0) is 25.0 Å². The summed E-state index contributed by atoms with van der Waals surface area (Å²) in [6.45, 7) is 1.76. The molecule has 1 aromatic carbocycles. The second kappa shape index (κ2) is 5.79. The SMILES string of the molecule is CCS(=O)(=O)NCCc1ccccc1C(=O)O. The molecule has 0 aliphatic heterocycles. The molecule has 2 N–H and O–H groups in total. The Bertz CT molecular complexity index is 496. The number of carboxylic acids is 1. The summed E-state index contributed by atoms with van der Waals surface area (Å²) >= 11 is 0. The van der Waals surface area contributed by atoms with Gasteiger partial charge in [-0.2, -0.15) is 0 Å². The zero-order valence-corrected chi connectivity index (χ0v) is 10.3. The van der Waals surface area contributed by atoms with Crippen LogP contribution in [0.25, 0.3) is 0 Å². The van der Waals surface area contributed by atoms with Crippen molar-refractivity contribution >= 4 is 16.0 Å². The van der Waals surface area contributed by atoms with E-state index in [-0.39, 0.29) is 17.9 Å². The third kappa shape index (κ3) is 4.16. The van der Waals surface area contributed by atoms with E-state index < -0.39 is 16.0 Å². The molecule has 0 bridgehead atoms. The average Bonchev–Trinajstić information content (AvgIpc) is 2.29. The molecule has 17 heavy (non-hydrogen) atoms. The summed E-state index contributed by atoms with van der Waals surface area (Å²) < 4.78 is 24.8. The van der Waals surface area contributed by atoms with Gasteiger partial charge in [-0.25, -0.2) is 17.9 Å². The molecule has 0 heterocycles. The van der Waals surface area contributed by atoms with E-state index in [4.69, 9.17) is 5.11 Å². The molecule has 0 saturated carbocycles. The third-order valence-corrected chi connectivity index (χ3v) is 3.75. The fourth-order valence-corrected chi connectivity index (χ4v) is 2.01. The summed E-state index contributed by atoms with van der Waals surface area (Å²) in [4.78, 5) is 10.9. The minimum Gasteiger partial charge on any atom is -0.478 e. The van der Waals surface area contributed by atoms with E-state index in [1.165, 1.54) is 6.07 Å². The van der Waals surface area contributed by atoms with Crippen molar-refractivity contribution in [1.82, 2.24) is 4.72 Å². The van der Waals surface area contributed by atoms with Gasteiger partial charge in [0.2, 0.25) is 10.0 Å². The van der Waals surface area contributed by atoms with Crippen LogP contribution in [0.15, 0.2) is 24.3 Å². The first kappa shape index (κ1) is 13.7. The Kier molecular flexibility index (Phi) is 4.65. The number of carboxylic acid groups (broad SMARTS) is 1. The summed E-state index contributed by atoms with van der Waals surface area (Å²) in [5.41, 5.74) is 0.835. The van der Waals surface area contributed by atoms with Gasteiger partial charge in [-0.1, -0.05) is 18.2 Å². The van der Waals surface area contributed by atoms with E-state index in [1.54, 1.807) is 25.1 Å². The average molecular weight is 257 g/mol. The lowest BCUT2D eigenvalue weighted by molar-refractivity contribution is 0.0695. The predicted molar refractivity (Wildman–Crippen MR) is 64.6 cm³/mol. The lowest BCUT2D eigenvalue weighted by Crippen LogP contribution is -2.27. The smallest absolute Gasteiger partial charge is 0.335 e. The molecular weight excluding hydrogens is 242 g/mol. The van der Waals surface area contributed by atoms with Gasteiger partial charge in [0.1, 0.15) is 0 Å². The van der Waals surface area contributed by atoms with Crippen LogP contribution in [0.2, 0.25) is 0 Å². The highest BCUT2D eigenvalue weighted by Crippen LogP contribution is 2.09. The minimum atomic E-state index is -3.22. The predicted octanol–water partition coefficient (Wildman–Crippen LogP) is 0.867. The molecule has 0 fully saturated rings. The van der Waals surface area contributed by atoms with Gasteiger partial charge in [-0.15, -0.1) is 0 Å². The molecule has 94 valence electrons. The van der Waals surface area contributed by atoms with Crippen LogP contribution in [-0.4, -0.2) is 31.8 Å². The van der Waals surface area contributed by atoms with Crippen molar-refractivity contribution in [1.29, 1.82) is 0 Å². The monoisotopic (exact) mass is 257 g/mol. The van der Waals surface area contributed by atoms with Crippen molar-refractivity contribution in [3.8, 4) is 0 Å². The molecule has 0 spiro atoms. The van der Waals surface area contributed by atoms with Gasteiger partial charge in [0, 0.05) is 6.54 Å². The molecule has 0 amide bonds. The molecule has 5 nitrogen and oxygen atoms in total. The molecule has 0 aliphatic rings. The van der Waals surface area contributed by atoms with Gasteiger partial charge in [0.05, 0.1) is 11.3 Å². The third-order valence-electron chi connectivity index (χ3n) is 2.34.